The fraction of sp³-hybridized carbons (Fsp3) is 0.600. The molecular weight excluding hydrogens is 108 g/mol. The average Bonchev–Trinajstić information content (AvgIpc) is 2.24. The summed E-state index contributed by atoms with van der Waals surface area (Å²) in [5, 5.41) is 0. The minimum atomic E-state index is -0.0463. The molecule has 0 aromatic rings. The van der Waals surface area contributed by atoms with Crippen molar-refractivity contribution in [2.75, 3.05) is 6.61 Å². The smallest absolute Gasteiger partial charge is 0.305 e. The van der Waals surface area contributed by atoms with Crippen LogP contribution in [-0.4, -0.2) is 19.4 Å². The van der Waals surface area contributed by atoms with Crippen LogP contribution in [0.4, 0.5) is 0 Å². The molecule has 0 aliphatic carbocycles. The van der Waals surface area contributed by atoms with Crippen LogP contribution >= 0.6 is 0 Å². The third kappa shape index (κ3) is 2.34. The highest BCUT2D eigenvalue weighted by molar-refractivity contribution is 5.70. The molecule has 0 saturated carbocycles. The van der Waals surface area contributed by atoms with Crippen molar-refractivity contribution in [1.29, 1.82) is 0 Å². The molecule has 1 rings (SSSR count). The predicted molar refractivity (Wildman–Crippen MR) is 27.3 cm³/mol. The van der Waals surface area contributed by atoms with E-state index in [-0.39, 0.29) is 5.97 Å². The first-order valence-electron chi connectivity index (χ1n) is 2.34. The molecule has 0 amide bonds. The zero-order valence-corrected chi connectivity index (χ0v) is 4.55. The molecule has 46 valence electrons. The predicted octanol–water partition coefficient (Wildman–Crippen LogP) is 0.138. The Morgan fingerprint density at radius 2 is 2.12 bits per heavy atom. The highest BCUT2D eigenvalue weighted by atomic mass is 16.5. The number of rotatable bonds is 0. The summed E-state index contributed by atoms with van der Waals surface area (Å²) in [7, 11) is 0. The molecule has 0 N–H and O–H groups in total. The van der Waals surface area contributed by atoms with Crippen molar-refractivity contribution in [2.24, 2.45) is 0 Å². The number of carbonyl (C=O) groups excluding carboxylic acids is 2. The van der Waals surface area contributed by atoms with Crippen molar-refractivity contribution >= 4 is 12.8 Å². The number of ether oxygens (including phenoxy) is 1. The maximum Gasteiger partial charge on any atom is 0.305 e. The first-order valence-corrected chi connectivity index (χ1v) is 2.34. The van der Waals surface area contributed by atoms with Crippen molar-refractivity contribution in [3.8, 4) is 0 Å². The molecule has 0 atom stereocenters. The molecule has 3 nitrogen and oxygen atoms in total. The summed E-state index contributed by atoms with van der Waals surface area (Å²) in [6, 6.07) is 0. The SMILES string of the molecule is C=O.O=C1CCCO1. The maximum absolute atomic E-state index is 10.0. The van der Waals surface area contributed by atoms with E-state index in [1.807, 2.05) is 6.79 Å². The lowest BCUT2D eigenvalue weighted by molar-refractivity contribution is -0.137. The van der Waals surface area contributed by atoms with E-state index in [9.17, 15) is 4.79 Å². The molecule has 1 aliphatic heterocycles. The van der Waals surface area contributed by atoms with E-state index >= 15 is 0 Å². The molecule has 0 bridgehead atoms. The summed E-state index contributed by atoms with van der Waals surface area (Å²) in [5.74, 6) is -0.0463. The Labute approximate surface area is 47.6 Å². The van der Waals surface area contributed by atoms with Crippen LogP contribution in [-0.2, 0) is 14.3 Å². The highest BCUT2D eigenvalue weighted by Crippen LogP contribution is 2.01. The van der Waals surface area contributed by atoms with Crippen LogP contribution in [0.25, 0.3) is 0 Å². The molecule has 0 unspecified atom stereocenters. The third-order valence-corrected chi connectivity index (χ3v) is 0.788. The molecule has 3 heteroatoms. The van der Waals surface area contributed by atoms with Gasteiger partial charge in [0.05, 0.1) is 6.61 Å². The molecule has 1 saturated heterocycles. The van der Waals surface area contributed by atoms with Gasteiger partial charge in [0, 0.05) is 6.42 Å². The van der Waals surface area contributed by atoms with E-state index in [1.54, 1.807) is 0 Å². The first-order chi connectivity index (χ1) is 3.89. The second-order valence-corrected chi connectivity index (χ2v) is 1.32. The second-order valence-electron chi connectivity index (χ2n) is 1.32. The van der Waals surface area contributed by atoms with Crippen molar-refractivity contribution in [3.05, 3.63) is 0 Å². The van der Waals surface area contributed by atoms with E-state index in [1.165, 1.54) is 0 Å². The Hall–Kier alpha value is -0.860. The number of esters is 1. The minimum absolute atomic E-state index is 0.0463. The fourth-order valence-corrected chi connectivity index (χ4v) is 0.475. The monoisotopic (exact) mass is 116 g/mol. The van der Waals surface area contributed by atoms with E-state index in [2.05, 4.69) is 4.74 Å². The maximum atomic E-state index is 10.0. The van der Waals surface area contributed by atoms with E-state index in [0.717, 1.165) is 6.42 Å². The summed E-state index contributed by atoms with van der Waals surface area (Å²) in [6.07, 6.45) is 1.54. The van der Waals surface area contributed by atoms with E-state index in [0.29, 0.717) is 13.0 Å². The molecule has 1 fully saturated rings. The summed E-state index contributed by atoms with van der Waals surface area (Å²) in [6.45, 7) is 2.64. The van der Waals surface area contributed by atoms with Gasteiger partial charge in [-0.15, -0.1) is 0 Å². The minimum Gasteiger partial charge on any atom is -0.466 e. The van der Waals surface area contributed by atoms with Gasteiger partial charge in [-0.1, -0.05) is 0 Å². The molecular formula is C5H8O3. The number of hydrogen-bond donors (Lipinski definition) is 0. The highest BCUT2D eigenvalue weighted by Gasteiger charge is 2.08. The summed E-state index contributed by atoms with van der Waals surface area (Å²) < 4.78 is 4.51. The van der Waals surface area contributed by atoms with Crippen LogP contribution < -0.4 is 0 Å². The standard InChI is InChI=1S/C4H6O2.CH2O/c5-4-2-1-3-6-4;1-2/h1-3H2;1H2. The summed E-state index contributed by atoms with van der Waals surface area (Å²) >= 11 is 0. The number of cyclic esters (lactones) is 1. The molecule has 1 aliphatic rings. The fourth-order valence-electron chi connectivity index (χ4n) is 0.475. The molecule has 0 radical (unpaired) electrons. The molecule has 0 aromatic heterocycles. The Balaban J connectivity index is 0.000000222. The van der Waals surface area contributed by atoms with Crippen LogP contribution in [0.3, 0.4) is 0 Å². The van der Waals surface area contributed by atoms with Gasteiger partial charge in [0.2, 0.25) is 0 Å². The average molecular weight is 116 g/mol. The van der Waals surface area contributed by atoms with Crippen LogP contribution in [0.2, 0.25) is 0 Å². The van der Waals surface area contributed by atoms with Crippen molar-refractivity contribution in [3.63, 3.8) is 0 Å². The first kappa shape index (κ1) is 7.14. The van der Waals surface area contributed by atoms with Crippen LogP contribution in [0.15, 0.2) is 0 Å². The van der Waals surface area contributed by atoms with Crippen LogP contribution in [0.1, 0.15) is 12.8 Å². The Kier molecular flexibility index (Phi) is 3.84. The number of hydrogen-bond acceptors (Lipinski definition) is 3. The molecule has 1 heterocycles. The Bertz CT molecular complexity index is 71.7. The lowest BCUT2D eigenvalue weighted by atomic mass is 10.4. The van der Waals surface area contributed by atoms with Gasteiger partial charge >= 0.3 is 5.97 Å². The second kappa shape index (κ2) is 4.30. The van der Waals surface area contributed by atoms with Gasteiger partial charge in [-0.2, -0.15) is 0 Å². The lowest BCUT2D eigenvalue weighted by Gasteiger charge is -1.81. The lowest BCUT2D eigenvalue weighted by Crippen LogP contribution is -1.88. The third-order valence-electron chi connectivity index (χ3n) is 0.788. The van der Waals surface area contributed by atoms with Gasteiger partial charge in [0.1, 0.15) is 6.79 Å². The zero-order valence-electron chi connectivity index (χ0n) is 4.55. The zero-order chi connectivity index (χ0) is 6.41. The van der Waals surface area contributed by atoms with Crippen LogP contribution in [0, 0.1) is 0 Å². The Morgan fingerprint density at radius 3 is 2.25 bits per heavy atom. The van der Waals surface area contributed by atoms with Gasteiger partial charge in [0.15, 0.2) is 0 Å². The Morgan fingerprint density at radius 1 is 1.50 bits per heavy atom. The van der Waals surface area contributed by atoms with Gasteiger partial charge in [0.25, 0.3) is 0 Å². The largest absolute Gasteiger partial charge is 0.466 e. The van der Waals surface area contributed by atoms with E-state index < -0.39 is 0 Å². The van der Waals surface area contributed by atoms with Gasteiger partial charge in [-0.3, -0.25) is 4.79 Å². The quantitative estimate of drug-likeness (QED) is 0.423. The van der Waals surface area contributed by atoms with Crippen molar-refractivity contribution in [2.45, 2.75) is 12.8 Å². The normalized spacial score (nSPS) is 16.2. The van der Waals surface area contributed by atoms with Crippen molar-refractivity contribution < 1.29 is 14.3 Å². The molecule has 0 spiro atoms. The summed E-state index contributed by atoms with van der Waals surface area (Å²) in [5.41, 5.74) is 0. The molecule has 8 heavy (non-hydrogen) atoms. The van der Waals surface area contributed by atoms with Gasteiger partial charge in [-0.25, -0.2) is 0 Å². The topological polar surface area (TPSA) is 43.4 Å². The van der Waals surface area contributed by atoms with E-state index in [4.69, 9.17) is 4.79 Å². The van der Waals surface area contributed by atoms with Crippen LogP contribution in [0.5, 0.6) is 0 Å². The number of carbonyl (C=O) groups is 2. The molecule has 0 aromatic carbocycles. The van der Waals surface area contributed by atoms with Gasteiger partial charge in [-0.05, 0) is 6.42 Å². The van der Waals surface area contributed by atoms with Crippen molar-refractivity contribution in [1.82, 2.24) is 0 Å². The summed E-state index contributed by atoms with van der Waals surface area (Å²) in [4.78, 5) is 18.0. The van der Waals surface area contributed by atoms with Gasteiger partial charge < -0.3 is 9.53 Å².